The van der Waals surface area contributed by atoms with Crippen LogP contribution in [0, 0.1) is 17.2 Å². The van der Waals surface area contributed by atoms with E-state index in [1.807, 2.05) is 12.3 Å². The third-order valence-corrected chi connectivity index (χ3v) is 4.66. The summed E-state index contributed by atoms with van der Waals surface area (Å²) in [6, 6.07) is 3.77. The van der Waals surface area contributed by atoms with Gasteiger partial charge in [0.25, 0.3) is 5.91 Å². The first-order chi connectivity index (χ1) is 9.11. The Morgan fingerprint density at radius 3 is 3.16 bits per heavy atom. The SMILES string of the molecule is C[C@H]1CCC[NH+]([C@@H](C)C(=O)Nc2sccc2C#N)C1. The van der Waals surface area contributed by atoms with Crippen LogP contribution in [0.4, 0.5) is 5.00 Å². The fraction of sp³-hybridized carbons (Fsp3) is 0.571. The third kappa shape index (κ3) is 3.34. The second-order valence-electron chi connectivity index (χ2n) is 5.35. The standard InChI is InChI=1S/C14H19N3OS/c1-10-4-3-6-17(9-10)11(2)13(18)16-14-12(8-15)5-7-19-14/h5,7,10-11H,3-4,6,9H2,1-2H3,(H,16,18)/p+1/t10-,11-/m0/s1. The lowest BCUT2D eigenvalue weighted by Gasteiger charge is -2.31. The van der Waals surface area contributed by atoms with Gasteiger partial charge in [0.05, 0.1) is 18.7 Å². The van der Waals surface area contributed by atoms with Crippen molar-refractivity contribution in [2.24, 2.45) is 5.92 Å². The molecule has 2 rings (SSSR count). The van der Waals surface area contributed by atoms with E-state index < -0.39 is 0 Å². The van der Waals surface area contributed by atoms with Gasteiger partial charge >= 0.3 is 0 Å². The number of carbonyl (C=O) groups excluding carboxylic acids is 1. The molecule has 0 aromatic carbocycles. The third-order valence-electron chi connectivity index (χ3n) is 3.83. The van der Waals surface area contributed by atoms with Crippen LogP contribution in [0.2, 0.25) is 0 Å². The molecule has 0 spiro atoms. The maximum atomic E-state index is 12.2. The maximum Gasteiger partial charge on any atom is 0.283 e. The summed E-state index contributed by atoms with van der Waals surface area (Å²) in [6.07, 6.45) is 2.46. The molecule has 1 amide bonds. The predicted molar refractivity (Wildman–Crippen MR) is 76.2 cm³/mol. The lowest BCUT2D eigenvalue weighted by atomic mass is 9.99. The van der Waals surface area contributed by atoms with Crippen molar-refractivity contribution in [3.8, 4) is 6.07 Å². The van der Waals surface area contributed by atoms with Crippen molar-refractivity contribution < 1.29 is 9.69 Å². The second-order valence-corrected chi connectivity index (χ2v) is 6.26. The van der Waals surface area contributed by atoms with E-state index in [0.29, 0.717) is 16.5 Å². The minimum Gasteiger partial charge on any atom is -0.325 e. The number of thiophene rings is 1. The van der Waals surface area contributed by atoms with Crippen molar-refractivity contribution in [2.75, 3.05) is 18.4 Å². The Hall–Kier alpha value is -1.38. The smallest absolute Gasteiger partial charge is 0.283 e. The highest BCUT2D eigenvalue weighted by molar-refractivity contribution is 7.14. The number of nitrogens with one attached hydrogen (secondary N) is 2. The number of hydrogen-bond acceptors (Lipinski definition) is 3. The molecular weight excluding hydrogens is 258 g/mol. The van der Waals surface area contributed by atoms with Crippen LogP contribution in [-0.4, -0.2) is 25.0 Å². The minimum absolute atomic E-state index is 0.0167. The van der Waals surface area contributed by atoms with Crippen LogP contribution in [-0.2, 0) is 4.79 Å². The van der Waals surface area contributed by atoms with Gasteiger partial charge in [-0.3, -0.25) is 4.79 Å². The first-order valence-corrected chi connectivity index (χ1v) is 7.62. The van der Waals surface area contributed by atoms with Crippen LogP contribution in [0.25, 0.3) is 0 Å². The average Bonchev–Trinajstić information content (AvgIpc) is 2.85. The summed E-state index contributed by atoms with van der Waals surface area (Å²) in [5.74, 6) is 0.707. The Morgan fingerprint density at radius 1 is 1.68 bits per heavy atom. The topological polar surface area (TPSA) is 57.3 Å². The van der Waals surface area contributed by atoms with Crippen molar-refractivity contribution in [1.29, 1.82) is 5.26 Å². The first kappa shape index (κ1) is 14.0. The molecule has 3 atom stereocenters. The molecule has 0 saturated carbocycles. The molecule has 2 N–H and O–H groups in total. The Kier molecular flexibility index (Phi) is 4.56. The Labute approximate surface area is 118 Å². The monoisotopic (exact) mass is 278 g/mol. The highest BCUT2D eigenvalue weighted by Gasteiger charge is 2.29. The van der Waals surface area contributed by atoms with Gasteiger partial charge in [-0.05, 0) is 31.2 Å². The molecule has 1 aromatic heterocycles. The van der Waals surface area contributed by atoms with E-state index in [2.05, 4.69) is 18.3 Å². The minimum atomic E-state index is -0.0589. The van der Waals surface area contributed by atoms with Crippen LogP contribution < -0.4 is 10.2 Å². The van der Waals surface area contributed by atoms with E-state index in [0.717, 1.165) is 13.1 Å². The average molecular weight is 278 g/mol. The number of anilines is 1. The van der Waals surface area contributed by atoms with E-state index in [1.54, 1.807) is 6.07 Å². The largest absolute Gasteiger partial charge is 0.325 e. The number of likely N-dealkylation sites (tertiary alicyclic amines) is 1. The molecule has 102 valence electrons. The van der Waals surface area contributed by atoms with Gasteiger partial charge in [-0.2, -0.15) is 5.26 Å². The zero-order chi connectivity index (χ0) is 13.8. The number of hydrogen-bond donors (Lipinski definition) is 2. The van der Waals surface area contributed by atoms with Gasteiger partial charge in [-0.1, -0.05) is 6.92 Å². The van der Waals surface area contributed by atoms with Crippen molar-refractivity contribution in [3.63, 3.8) is 0 Å². The molecular formula is C14H20N3OS+. The molecule has 4 nitrogen and oxygen atoms in total. The molecule has 1 aliphatic rings. The van der Waals surface area contributed by atoms with Crippen molar-refractivity contribution in [2.45, 2.75) is 32.7 Å². The highest BCUT2D eigenvalue weighted by atomic mass is 32.1. The second kappa shape index (κ2) is 6.18. The molecule has 0 radical (unpaired) electrons. The Balaban J connectivity index is 1.98. The summed E-state index contributed by atoms with van der Waals surface area (Å²) in [4.78, 5) is 13.6. The Bertz CT molecular complexity index is 491. The van der Waals surface area contributed by atoms with Crippen molar-refractivity contribution in [1.82, 2.24) is 0 Å². The molecule has 19 heavy (non-hydrogen) atoms. The van der Waals surface area contributed by atoms with E-state index in [9.17, 15) is 4.79 Å². The van der Waals surface area contributed by atoms with Gasteiger partial charge in [0.15, 0.2) is 6.04 Å². The van der Waals surface area contributed by atoms with E-state index in [-0.39, 0.29) is 11.9 Å². The number of rotatable bonds is 3. The number of quaternary nitrogens is 1. The molecule has 0 aliphatic carbocycles. The zero-order valence-electron chi connectivity index (χ0n) is 11.4. The van der Waals surface area contributed by atoms with E-state index in [4.69, 9.17) is 5.26 Å². The predicted octanol–water partition coefficient (Wildman–Crippen LogP) is 1.26. The van der Waals surface area contributed by atoms with Crippen LogP contribution >= 0.6 is 11.3 Å². The van der Waals surface area contributed by atoms with Crippen LogP contribution in [0.15, 0.2) is 11.4 Å². The van der Waals surface area contributed by atoms with Gasteiger partial charge in [0, 0.05) is 5.92 Å². The summed E-state index contributed by atoms with van der Waals surface area (Å²) in [5.41, 5.74) is 0.549. The number of nitriles is 1. The highest BCUT2D eigenvalue weighted by Crippen LogP contribution is 2.22. The number of piperidine rings is 1. The summed E-state index contributed by atoms with van der Waals surface area (Å²) in [6.45, 7) is 6.35. The fourth-order valence-electron chi connectivity index (χ4n) is 2.62. The number of carbonyl (C=O) groups is 1. The van der Waals surface area contributed by atoms with Gasteiger partial charge in [0.1, 0.15) is 11.1 Å². The van der Waals surface area contributed by atoms with E-state index >= 15 is 0 Å². The molecule has 1 aliphatic heterocycles. The lowest BCUT2D eigenvalue weighted by molar-refractivity contribution is -0.922. The molecule has 5 heteroatoms. The quantitative estimate of drug-likeness (QED) is 0.874. The summed E-state index contributed by atoms with van der Waals surface area (Å²) in [7, 11) is 0. The summed E-state index contributed by atoms with van der Waals surface area (Å²) in [5, 5.41) is 14.3. The number of amides is 1. The first-order valence-electron chi connectivity index (χ1n) is 6.75. The van der Waals surface area contributed by atoms with E-state index in [1.165, 1.54) is 29.1 Å². The molecule has 1 fully saturated rings. The fourth-order valence-corrected chi connectivity index (χ4v) is 3.36. The van der Waals surface area contributed by atoms with Crippen LogP contribution in [0.1, 0.15) is 32.3 Å². The van der Waals surface area contributed by atoms with Crippen molar-refractivity contribution in [3.05, 3.63) is 17.0 Å². The zero-order valence-corrected chi connectivity index (χ0v) is 12.2. The van der Waals surface area contributed by atoms with Gasteiger partial charge in [-0.15, -0.1) is 11.3 Å². The molecule has 1 unspecified atom stereocenters. The Morgan fingerprint density at radius 2 is 2.47 bits per heavy atom. The van der Waals surface area contributed by atoms with Crippen LogP contribution in [0.5, 0.6) is 0 Å². The van der Waals surface area contributed by atoms with Gasteiger partial charge < -0.3 is 10.2 Å². The van der Waals surface area contributed by atoms with Crippen molar-refractivity contribution >= 4 is 22.2 Å². The van der Waals surface area contributed by atoms with Gasteiger partial charge in [0.2, 0.25) is 0 Å². The molecule has 0 bridgehead atoms. The molecule has 1 saturated heterocycles. The molecule has 1 aromatic rings. The number of nitrogens with zero attached hydrogens (tertiary/aromatic N) is 1. The van der Waals surface area contributed by atoms with Crippen LogP contribution in [0.3, 0.4) is 0 Å². The lowest BCUT2D eigenvalue weighted by Crippen LogP contribution is -3.17. The normalized spacial score (nSPS) is 24.5. The summed E-state index contributed by atoms with van der Waals surface area (Å²) >= 11 is 1.40. The summed E-state index contributed by atoms with van der Waals surface area (Å²) < 4.78 is 0. The molecule has 2 heterocycles. The van der Waals surface area contributed by atoms with Gasteiger partial charge in [-0.25, -0.2) is 0 Å². The maximum absolute atomic E-state index is 12.2.